The van der Waals surface area contributed by atoms with Gasteiger partial charge >= 0.3 is 0 Å². The van der Waals surface area contributed by atoms with Crippen molar-refractivity contribution in [1.82, 2.24) is 19.9 Å². The number of hydrogen-bond acceptors (Lipinski definition) is 7. The standard InChI is InChI=1S/C17H16N6OS/c24-15(21-12-3-1-6-18-11-12)16-22-13-4-9-23(10-5-14(13)25-16)17-19-7-2-8-20-17/h1-3,6-8,11H,4-5,9-10H2,(H,21,24). The lowest BCUT2D eigenvalue weighted by atomic mass is 10.2. The van der Waals surface area contributed by atoms with E-state index in [1.54, 1.807) is 36.9 Å². The summed E-state index contributed by atoms with van der Waals surface area (Å²) in [6.45, 7) is 1.62. The number of pyridine rings is 1. The molecule has 0 bridgehead atoms. The number of hydrogen-bond donors (Lipinski definition) is 1. The molecular weight excluding hydrogens is 336 g/mol. The molecule has 0 aromatic carbocycles. The van der Waals surface area contributed by atoms with Gasteiger partial charge in [0.05, 0.1) is 17.6 Å². The molecule has 3 aromatic rings. The van der Waals surface area contributed by atoms with Crippen molar-refractivity contribution in [3.63, 3.8) is 0 Å². The Hall–Kier alpha value is -2.87. The fourth-order valence-corrected chi connectivity index (χ4v) is 3.73. The molecule has 4 heterocycles. The molecule has 3 aromatic heterocycles. The number of nitrogens with zero attached hydrogens (tertiary/aromatic N) is 5. The minimum Gasteiger partial charge on any atom is -0.340 e. The third-order valence-electron chi connectivity index (χ3n) is 3.95. The molecule has 0 saturated carbocycles. The van der Waals surface area contributed by atoms with Gasteiger partial charge in [0.2, 0.25) is 5.95 Å². The van der Waals surface area contributed by atoms with E-state index in [1.165, 1.54) is 11.3 Å². The molecule has 0 unspecified atom stereocenters. The van der Waals surface area contributed by atoms with Crippen LogP contribution in [0.15, 0.2) is 43.0 Å². The lowest BCUT2D eigenvalue weighted by Gasteiger charge is -2.19. The Morgan fingerprint density at radius 3 is 2.76 bits per heavy atom. The van der Waals surface area contributed by atoms with E-state index in [0.717, 1.165) is 42.5 Å². The molecule has 8 heteroatoms. The van der Waals surface area contributed by atoms with E-state index < -0.39 is 0 Å². The van der Waals surface area contributed by atoms with Crippen LogP contribution in [0.5, 0.6) is 0 Å². The average Bonchev–Trinajstić information content (AvgIpc) is 2.97. The smallest absolute Gasteiger partial charge is 0.284 e. The third-order valence-corrected chi connectivity index (χ3v) is 5.11. The fourth-order valence-electron chi connectivity index (χ4n) is 2.74. The molecule has 1 N–H and O–H groups in total. The van der Waals surface area contributed by atoms with E-state index in [4.69, 9.17) is 0 Å². The summed E-state index contributed by atoms with van der Waals surface area (Å²) in [7, 11) is 0. The maximum absolute atomic E-state index is 12.4. The van der Waals surface area contributed by atoms with E-state index in [0.29, 0.717) is 10.7 Å². The van der Waals surface area contributed by atoms with E-state index in [9.17, 15) is 4.79 Å². The Kier molecular flexibility index (Phi) is 4.34. The zero-order valence-corrected chi connectivity index (χ0v) is 14.2. The van der Waals surface area contributed by atoms with Gasteiger partial charge in [-0.3, -0.25) is 9.78 Å². The van der Waals surface area contributed by atoms with E-state index in [-0.39, 0.29) is 5.91 Å². The molecule has 126 valence electrons. The quantitative estimate of drug-likeness (QED) is 0.778. The predicted octanol–water partition coefficient (Wildman–Crippen LogP) is 2.19. The van der Waals surface area contributed by atoms with Gasteiger partial charge in [-0.1, -0.05) is 0 Å². The summed E-state index contributed by atoms with van der Waals surface area (Å²) in [5.41, 5.74) is 1.67. The normalized spacial score (nSPS) is 13.8. The average molecular weight is 352 g/mol. The van der Waals surface area contributed by atoms with Crippen LogP contribution in [0.4, 0.5) is 11.6 Å². The van der Waals surface area contributed by atoms with Gasteiger partial charge in [-0.15, -0.1) is 11.3 Å². The molecule has 7 nitrogen and oxygen atoms in total. The largest absolute Gasteiger partial charge is 0.340 e. The molecule has 0 fully saturated rings. The molecular formula is C17H16N6OS. The first-order valence-corrected chi connectivity index (χ1v) is 8.83. The summed E-state index contributed by atoms with van der Waals surface area (Å²) < 4.78 is 0. The van der Waals surface area contributed by atoms with Crippen LogP contribution < -0.4 is 10.2 Å². The van der Waals surface area contributed by atoms with Gasteiger partial charge in [0, 0.05) is 49.4 Å². The highest BCUT2D eigenvalue weighted by atomic mass is 32.1. The van der Waals surface area contributed by atoms with Gasteiger partial charge in [-0.05, 0) is 18.2 Å². The third kappa shape index (κ3) is 3.48. The number of anilines is 2. The van der Waals surface area contributed by atoms with Crippen molar-refractivity contribution in [2.24, 2.45) is 0 Å². The van der Waals surface area contributed by atoms with Crippen LogP contribution >= 0.6 is 11.3 Å². The molecule has 4 rings (SSSR count). The lowest BCUT2D eigenvalue weighted by Crippen LogP contribution is -2.27. The Morgan fingerprint density at radius 1 is 1.12 bits per heavy atom. The number of nitrogens with one attached hydrogen (secondary N) is 1. The number of aromatic nitrogens is 4. The number of amides is 1. The van der Waals surface area contributed by atoms with E-state index in [2.05, 4.69) is 30.2 Å². The van der Waals surface area contributed by atoms with Crippen molar-refractivity contribution >= 4 is 28.9 Å². The van der Waals surface area contributed by atoms with Crippen LogP contribution in [0.25, 0.3) is 0 Å². The highest BCUT2D eigenvalue weighted by Gasteiger charge is 2.22. The van der Waals surface area contributed by atoms with Crippen LogP contribution in [0, 0.1) is 0 Å². The molecule has 1 aliphatic rings. The summed E-state index contributed by atoms with van der Waals surface area (Å²) >= 11 is 1.46. The second-order valence-corrected chi connectivity index (χ2v) is 6.70. The van der Waals surface area contributed by atoms with Gasteiger partial charge in [-0.2, -0.15) is 0 Å². The zero-order valence-electron chi connectivity index (χ0n) is 13.4. The Labute approximate surface area is 148 Å². The topological polar surface area (TPSA) is 83.9 Å². The Morgan fingerprint density at radius 2 is 1.96 bits per heavy atom. The summed E-state index contributed by atoms with van der Waals surface area (Å²) in [5.74, 6) is 0.557. The van der Waals surface area contributed by atoms with E-state index in [1.807, 2.05) is 6.07 Å². The molecule has 0 saturated heterocycles. The van der Waals surface area contributed by atoms with Crippen LogP contribution in [0.2, 0.25) is 0 Å². The maximum atomic E-state index is 12.4. The highest BCUT2D eigenvalue weighted by Crippen LogP contribution is 2.24. The molecule has 0 spiro atoms. The van der Waals surface area contributed by atoms with Gasteiger partial charge < -0.3 is 10.2 Å². The van der Waals surface area contributed by atoms with Crippen molar-refractivity contribution in [2.75, 3.05) is 23.3 Å². The van der Waals surface area contributed by atoms with Crippen molar-refractivity contribution < 1.29 is 4.79 Å². The van der Waals surface area contributed by atoms with Crippen molar-refractivity contribution in [3.05, 3.63) is 58.6 Å². The van der Waals surface area contributed by atoms with Crippen molar-refractivity contribution in [3.8, 4) is 0 Å². The number of thiazole rings is 1. The van der Waals surface area contributed by atoms with Crippen LogP contribution in [-0.4, -0.2) is 38.9 Å². The van der Waals surface area contributed by atoms with Crippen LogP contribution in [-0.2, 0) is 12.8 Å². The molecule has 0 aliphatic carbocycles. The van der Waals surface area contributed by atoms with Crippen molar-refractivity contribution in [2.45, 2.75) is 12.8 Å². The first-order chi connectivity index (χ1) is 12.3. The minimum atomic E-state index is -0.186. The van der Waals surface area contributed by atoms with Gasteiger partial charge in [-0.25, -0.2) is 15.0 Å². The predicted molar refractivity (Wildman–Crippen MR) is 96.0 cm³/mol. The molecule has 1 aliphatic heterocycles. The maximum Gasteiger partial charge on any atom is 0.284 e. The minimum absolute atomic E-state index is 0.186. The second-order valence-electron chi connectivity index (χ2n) is 5.62. The monoisotopic (exact) mass is 352 g/mol. The van der Waals surface area contributed by atoms with E-state index >= 15 is 0 Å². The van der Waals surface area contributed by atoms with Crippen LogP contribution in [0.3, 0.4) is 0 Å². The summed E-state index contributed by atoms with van der Waals surface area (Å²) in [6, 6.07) is 5.40. The molecule has 1 amide bonds. The molecule has 0 radical (unpaired) electrons. The Bertz CT molecular complexity index is 842. The van der Waals surface area contributed by atoms with Gasteiger partial charge in [0.15, 0.2) is 5.01 Å². The first kappa shape index (κ1) is 15.6. The van der Waals surface area contributed by atoms with Gasteiger partial charge in [0.1, 0.15) is 0 Å². The fraction of sp³-hybridized carbons (Fsp3) is 0.235. The zero-order chi connectivity index (χ0) is 17.1. The van der Waals surface area contributed by atoms with Crippen LogP contribution in [0.1, 0.15) is 20.4 Å². The highest BCUT2D eigenvalue weighted by molar-refractivity contribution is 7.13. The van der Waals surface area contributed by atoms with Crippen molar-refractivity contribution in [1.29, 1.82) is 0 Å². The summed E-state index contributed by atoms with van der Waals surface area (Å²) in [5, 5.41) is 3.33. The first-order valence-electron chi connectivity index (χ1n) is 8.01. The lowest BCUT2D eigenvalue weighted by molar-refractivity contribution is 0.102. The second kappa shape index (κ2) is 6.94. The molecule has 0 atom stereocenters. The summed E-state index contributed by atoms with van der Waals surface area (Å²) in [6.07, 6.45) is 8.41. The van der Waals surface area contributed by atoms with Gasteiger partial charge in [0.25, 0.3) is 5.91 Å². The number of fused-ring (bicyclic) bond motifs is 1. The number of rotatable bonds is 3. The SMILES string of the molecule is O=C(Nc1cccnc1)c1nc2c(s1)CCN(c1ncccn1)CC2. The summed E-state index contributed by atoms with van der Waals surface area (Å²) in [4.78, 5) is 32.9. The number of carbonyl (C=O) groups excluding carboxylic acids is 1. The molecule has 25 heavy (non-hydrogen) atoms. The Balaban J connectivity index is 1.46. The number of carbonyl (C=O) groups is 1.